The van der Waals surface area contributed by atoms with Crippen LogP contribution in [0.1, 0.15) is 11.4 Å². The van der Waals surface area contributed by atoms with Crippen LogP contribution >= 0.6 is 0 Å². The zero-order valence-electron chi connectivity index (χ0n) is 12.6. The van der Waals surface area contributed by atoms with E-state index in [1.165, 1.54) is 0 Å². The predicted octanol–water partition coefficient (Wildman–Crippen LogP) is 2.23. The fourth-order valence-electron chi connectivity index (χ4n) is 2.84. The minimum atomic E-state index is -0.0383. The van der Waals surface area contributed by atoms with Crippen LogP contribution in [0.25, 0.3) is 6.08 Å². The highest BCUT2D eigenvalue weighted by molar-refractivity contribution is 6.02. The number of likely N-dealkylation sites (N-methyl/N-ethyl adjacent to an activating group) is 1. The molecule has 1 aliphatic rings. The molecule has 3 heterocycles. The molecule has 112 valence electrons. The van der Waals surface area contributed by atoms with Crippen molar-refractivity contribution in [2.75, 3.05) is 20.1 Å². The molecular weight excluding hydrogens is 274 g/mol. The molecule has 4 heteroatoms. The van der Waals surface area contributed by atoms with Gasteiger partial charge in [0.25, 0.3) is 0 Å². The van der Waals surface area contributed by atoms with Gasteiger partial charge in [-0.05, 0) is 37.4 Å². The molecule has 1 aliphatic heterocycles. The van der Waals surface area contributed by atoms with Crippen LogP contribution in [-0.4, -0.2) is 40.8 Å². The predicted molar refractivity (Wildman–Crippen MR) is 86.1 cm³/mol. The van der Waals surface area contributed by atoms with E-state index >= 15 is 0 Å². The maximum absolute atomic E-state index is 12.7. The summed E-state index contributed by atoms with van der Waals surface area (Å²) < 4.78 is 0. The van der Waals surface area contributed by atoms with Crippen LogP contribution in [0.15, 0.2) is 54.4 Å². The third-order valence-electron chi connectivity index (χ3n) is 3.85. The first kappa shape index (κ1) is 14.6. The SMILES string of the molecule is CN1C/C(=C\c2ccccn2)C(=O)[C@@H](Cc2ccccn2)C1. The number of likely N-dealkylation sites (tertiary alicyclic amines) is 1. The van der Waals surface area contributed by atoms with Crippen molar-refractivity contribution in [3.05, 3.63) is 65.8 Å². The summed E-state index contributed by atoms with van der Waals surface area (Å²) in [5.74, 6) is 0.179. The number of Topliss-reactive ketones (excluding diaryl/α,β-unsaturated/α-hetero) is 1. The summed E-state index contributed by atoms with van der Waals surface area (Å²) in [6.07, 6.45) is 6.11. The average molecular weight is 293 g/mol. The van der Waals surface area contributed by atoms with Crippen molar-refractivity contribution in [2.24, 2.45) is 5.92 Å². The van der Waals surface area contributed by atoms with Crippen molar-refractivity contribution >= 4 is 11.9 Å². The highest BCUT2D eigenvalue weighted by atomic mass is 16.1. The van der Waals surface area contributed by atoms with Gasteiger partial charge in [0.15, 0.2) is 5.78 Å². The van der Waals surface area contributed by atoms with Gasteiger partial charge in [-0.3, -0.25) is 14.8 Å². The maximum atomic E-state index is 12.7. The number of pyridine rings is 2. The quantitative estimate of drug-likeness (QED) is 0.814. The number of carbonyl (C=O) groups excluding carboxylic acids is 1. The molecule has 0 radical (unpaired) electrons. The molecule has 0 amide bonds. The van der Waals surface area contributed by atoms with Gasteiger partial charge >= 0.3 is 0 Å². The number of rotatable bonds is 3. The second kappa shape index (κ2) is 6.62. The molecule has 4 nitrogen and oxygen atoms in total. The Hall–Kier alpha value is -2.33. The van der Waals surface area contributed by atoms with Crippen molar-refractivity contribution in [3.8, 4) is 0 Å². The van der Waals surface area contributed by atoms with E-state index in [-0.39, 0.29) is 11.7 Å². The molecule has 0 saturated carbocycles. The molecule has 2 aromatic heterocycles. The lowest BCUT2D eigenvalue weighted by Gasteiger charge is -2.30. The van der Waals surface area contributed by atoms with Crippen LogP contribution in [0, 0.1) is 5.92 Å². The largest absolute Gasteiger partial charge is 0.301 e. The molecule has 3 rings (SSSR count). The summed E-state index contributed by atoms with van der Waals surface area (Å²) >= 11 is 0. The number of ketones is 1. The van der Waals surface area contributed by atoms with Crippen molar-refractivity contribution < 1.29 is 4.79 Å². The molecule has 1 saturated heterocycles. The number of carbonyl (C=O) groups is 1. The van der Waals surface area contributed by atoms with E-state index in [2.05, 4.69) is 14.9 Å². The van der Waals surface area contributed by atoms with E-state index in [1.807, 2.05) is 49.5 Å². The Morgan fingerprint density at radius 3 is 2.64 bits per heavy atom. The molecule has 0 aromatic carbocycles. The van der Waals surface area contributed by atoms with Crippen LogP contribution < -0.4 is 0 Å². The fraction of sp³-hybridized carbons (Fsp3) is 0.278. The third kappa shape index (κ3) is 3.46. The Kier molecular flexibility index (Phi) is 4.39. The summed E-state index contributed by atoms with van der Waals surface area (Å²) in [4.78, 5) is 23.5. The number of nitrogens with zero attached hydrogens (tertiary/aromatic N) is 3. The molecule has 1 fully saturated rings. The van der Waals surface area contributed by atoms with Gasteiger partial charge in [-0.25, -0.2) is 0 Å². The van der Waals surface area contributed by atoms with Crippen LogP contribution in [0.3, 0.4) is 0 Å². The van der Waals surface area contributed by atoms with Crippen molar-refractivity contribution in [3.63, 3.8) is 0 Å². The van der Waals surface area contributed by atoms with Gasteiger partial charge in [0.05, 0.1) is 5.69 Å². The average Bonchev–Trinajstić information content (AvgIpc) is 2.54. The minimum absolute atomic E-state index is 0.0383. The van der Waals surface area contributed by atoms with Gasteiger partial charge in [0.2, 0.25) is 0 Å². The fourth-order valence-corrected chi connectivity index (χ4v) is 2.84. The lowest BCUT2D eigenvalue weighted by molar-refractivity contribution is -0.121. The summed E-state index contributed by atoms with van der Waals surface area (Å²) in [5, 5.41) is 0. The minimum Gasteiger partial charge on any atom is -0.301 e. The first-order valence-electron chi connectivity index (χ1n) is 7.46. The van der Waals surface area contributed by atoms with Gasteiger partial charge in [-0.15, -0.1) is 0 Å². The van der Waals surface area contributed by atoms with Crippen LogP contribution in [-0.2, 0) is 11.2 Å². The van der Waals surface area contributed by atoms with Crippen LogP contribution in [0.4, 0.5) is 0 Å². The number of hydrogen-bond donors (Lipinski definition) is 0. The summed E-state index contributed by atoms with van der Waals surface area (Å²) in [7, 11) is 2.05. The van der Waals surface area contributed by atoms with Gasteiger partial charge < -0.3 is 4.90 Å². The van der Waals surface area contributed by atoms with Crippen LogP contribution in [0.2, 0.25) is 0 Å². The molecule has 0 N–H and O–H groups in total. The number of piperidine rings is 1. The first-order chi connectivity index (χ1) is 10.7. The van der Waals surface area contributed by atoms with Crippen LogP contribution in [0.5, 0.6) is 0 Å². The molecule has 22 heavy (non-hydrogen) atoms. The Morgan fingerprint density at radius 2 is 1.95 bits per heavy atom. The number of aromatic nitrogens is 2. The lowest BCUT2D eigenvalue weighted by Crippen LogP contribution is -2.41. The molecule has 1 atom stereocenters. The Morgan fingerprint density at radius 1 is 1.18 bits per heavy atom. The Bertz CT molecular complexity index is 667. The summed E-state index contributed by atoms with van der Waals surface area (Å²) in [5.41, 5.74) is 2.62. The molecule has 0 bridgehead atoms. The smallest absolute Gasteiger partial charge is 0.164 e. The first-order valence-corrected chi connectivity index (χ1v) is 7.46. The van der Waals surface area contributed by atoms with Gasteiger partial charge in [0, 0.05) is 49.1 Å². The van der Waals surface area contributed by atoms with Gasteiger partial charge in [0.1, 0.15) is 0 Å². The lowest BCUT2D eigenvalue weighted by atomic mass is 9.88. The van der Waals surface area contributed by atoms with E-state index in [0.717, 1.165) is 23.5 Å². The second-order valence-electron chi connectivity index (χ2n) is 5.71. The molecular formula is C18H19N3O. The van der Waals surface area contributed by atoms with Crippen molar-refractivity contribution in [2.45, 2.75) is 6.42 Å². The Labute approximate surface area is 130 Å². The second-order valence-corrected chi connectivity index (χ2v) is 5.71. The highest BCUT2D eigenvalue weighted by Crippen LogP contribution is 2.21. The van der Waals surface area contributed by atoms with E-state index in [4.69, 9.17) is 0 Å². The van der Waals surface area contributed by atoms with E-state index < -0.39 is 0 Å². The van der Waals surface area contributed by atoms with E-state index in [1.54, 1.807) is 12.4 Å². The Balaban J connectivity index is 1.81. The van der Waals surface area contributed by atoms with E-state index in [9.17, 15) is 4.79 Å². The molecule has 0 unspecified atom stereocenters. The monoisotopic (exact) mass is 293 g/mol. The number of hydrogen-bond acceptors (Lipinski definition) is 4. The van der Waals surface area contributed by atoms with Gasteiger partial charge in [-0.1, -0.05) is 12.1 Å². The molecule has 2 aromatic rings. The molecule has 0 aliphatic carbocycles. The zero-order valence-corrected chi connectivity index (χ0v) is 12.6. The maximum Gasteiger partial charge on any atom is 0.164 e. The van der Waals surface area contributed by atoms with Crippen molar-refractivity contribution in [1.29, 1.82) is 0 Å². The summed E-state index contributed by atoms with van der Waals surface area (Å²) in [6, 6.07) is 11.6. The van der Waals surface area contributed by atoms with E-state index in [0.29, 0.717) is 13.0 Å². The highest BCUT2D eigenvalue weighted by Gasteiger charge is 2.29. The third-order valence-corrected chi connectivity index (χ3v) is 3.85. The van der Waals surface area contributed by atoms with Crippen molar-refractivity contribution in [1.82, 2.24) is 14.9 Å². The normalized spacial score (nSPS) is 21.2. The topological polar surface area (TPSA) is 46.1 Å². The van der Waals surface area contributed by atoms with Gasteiger partial charge in [-0.2, -0.15) is 0 Å². The summed E-state index contributed by atoms with van der Waals surface area (Å²) in [6.45, 7) is 1.45. The zero-order chi connectivity index (χ0) is 15.4. The molecule has 0 spiro atoms. The standard InChI is InChI=1S/C18H19N3O/c1-21-12-14(10-16-6-2-4-8-19-16)18(22)15(13-21)11-17-7-3-5-9-20-17/h2-10,15H,11-13H2,1H3/b14-10+/t15-/m0/s1.